The van der Waals surface area contributed by atoms with Crippen LogP contribution in [-0.2, 0) is 23.7 Å². The van der Waals surface area contributed by atoms with Crippen LogP contribution in [0.3, 0.4) is 0 Å². The van der Waals surface area contributed by atoms with Crippen molar-refractivity contribution in [2.75, 3.05) is 52.6 Å². The molecule has 9 nitrogen and oxygen atoms in total. The molecule has 0 bridgehead atoms. The lowest BCUT2D eigenvalue weighted by Crippen LogP contribution is -2.42. The predicted octanol–water partition coefficient (Wildman–Crippen LogP) is 3.41. The second-order valence-electron chi connectivity index (χ2n) is 9.90. The van der Waals surface area contributed by atoms with Crippen LogP contribution in [0, 0.1) is 0 Å². The summed E-state index contributed by atoms with van der Waals surface area (Å²) < 4.78 is 21.0. The molecule has 0 aromatic carbocycles. The highest BCUT2D eigenvalue weighted by Gasteiger charge is 2.25. The average Bonchev–Trinajstić information content (AvgIpc) is 2.58. The van der Waals surface area contributed by atoms with Crippen LogP contribution in [0.2, 0.25) is 0 Å². The highest BCUT2D eigenvalue weighted by atomic mass is 16.6. The van der Waals surface area contributed by atoms with Gasteiger partial charge in [0.25, 0.3) is 0 Å². The Morgan fingerprint density at radius 3 is 1.72 bits per heavy atom. The molecule has 2 aliphatic rings. The Hall–Kier alpha value is -2.13. The van der Waals surface area contributed by atoms with E-state index < -0.39 is 17.3 Å². The van der Waals surface area contributed by atoms with Gasteiger partial charge in [0.1, 0.15) is 17.8 Å². The van der Waals surface area contributed by atoms with Crippen molar-refractivity contribution in [1.82, 2.24) is 9.80 Å². The van der Waals surface area contributed by atoms with Crippen LogP contribution in [0.25, 0.3) is 0 Å². The summed E-state index contributed by atoms with van der Waals surface area (Å²) in [5.74, 6) is -0.0921. The normalized spacial score (nSPS) is 18.9. The van der Waals surface area contributed by atoms with E-state index in [1.807, 2.05) is 20.8 Å². The Morgan fingerprint density at radius 1 is 0.812 bits per heavy atom. The van der Waals surface area contributed by atoms with E-state index in [0.717, 1.165) is 18.4 Å². The van der Waals surface area contributed by atoms with Gasteiger partial charge >= 0.3 is 12.2 Å². The minimum atomic E-state index is -0.529. The van der Waals surface area contributed by atoms with Crippen molar-refractivity contribution in [1.29, 1.82) is 0 Å². The first kappa shape index (κ1) is 27.9. The maximum atomic E-state index is 11.8. The summed E-state index contributed by atoms with van der Waals surface area (Å²) in [4.78, 5) is 38.1. The average molecular weight is 457 g/mol. The van der Waals surface area contributed by atoms with Crippen LogP contribution in [0.4, 0.5) is 9.59 Å². The van der Waals surface area contributed by atoms with Crippen molar-refractivity contribution in [3.05, 3.63) is 12.2 Å². The van der Waals surface area contributed by atoms with Crippen LogP contribution in [-0.4, -0.2) is 91.6 Å². The zero-order chi connectivity index (χ0) is 24.4. The van der Waals surface area contributed by atoms with Crippen LogP contribution >= 0.6 is 0 Å². The minimum Gasteiger partial charge on any atom is -0.444 e. The summed E-state index contributed by atoms with van der Waals surface area (Å²) in [6, 6.07) is 0. The zero-order valence-electron chi connectivity index (χ0n) is 20.5. The number of hydrogen-bond acceptors (Lipinski definition) is 7. The zero-order valence-corrected chi connectivity index (χ0v) is 20.5. The van der Waals surface area contributed by atoms with E-state index in [9.17, 15) is 14.4 Å². The molecular formula is C23H40N2O7. The minimum absolute atomic E-state index is 0.0783. The fourth-order valence-electron chi connectivity index (χ4n) is 2.81. The Kier molecular flexibility index (Phi) is 11.2. The third-order valence-electron chi connectivity index (χ3n) is 4.09. The lowest BCUT2D eigenvalue weighted by atomic mass is 10.2. The monoisotopic (exact) mass is 456 g/mol. The lowest BCUT2D eigenvalue weighted by molar-refractivity contribution is -0.126. The van der Waals surface area contributed by atoms with Crippen molar-refractivity contribution in [2.24, 2.45) is 0 Å². The third-order valence-corrected chi connectivity index (χ3v) is 4.09. The number of nitrogens with zero attached hydrogens (tertiary/aromatic N) is 2. The van der Waals surface area contributed by atoms with E-state index in [1.165, 1.54) is 4.90 Å². The molecule has 0 aromatic rings. The molecule has 32 heavy (non-hydrogen) atoms. The van der Waals surface area contributed by atoms with Crippen molar-refractivity contribution in [2.45, 2.75) is 65.6 Å². The molecule has 0 saturated carbocycles. The molecule has 2 saturated heterocycles. The molecule has 2 rings (SSSR count). The molecule has 2 fully saturated rings. The summed E-state index contributed by atoms with van der Waals surface area (Å²) in [5.41, 5.74) is -0.0680. The van der Waals surface area contributed by atoms with Crippen LogP contribution in [0.5, 0.6) is 0 Å². The molecule has 2 aliphatic heterocycles. The van der Waals surface area contributed by atoms with Crippen molar-refractivity contribution in [3.63, 3.8) is 0 Å². The van der Waals surface area contributed by atoms with Gasteiger partial charge in [-0.1, -0.05) is 6.58 Å². The van der Waals surface area contributed by atoms with Crippen LogP contribution in [0.15, 0.2) is 12.2 Å². The van der Waals surface area contributed by atoms with Gasteiger partial charge in [-0.3, -0.25) is 4.79 Å². The largest absolute Gasteiger partial charge is 0.444 e. The molecule has 0 radical (unpaired) electrons. The number of carbonyl (C=O) groups is 3. The van der Waals surface area contributed by atoms with Gasteiger partial charge in [-0.2, -0.15) is 0 Å². The quantitative estimate of drug-likeness (QED) is 0.516. The van der Waals surface area contributed by atoms with E-state index in [-0.39, 0.29) is 25.0 Å². The number of hydrogen-bond donors (Lipinski definition) is 0. The van der Waals surface area contributed by atoms with Gasteiger partial charge in [-0.25, -0.2) is 9.59 Å². The van der Waals surface area contributed by atoms with E-state index in [4.69, 9.17) is 18.9 Å². The summed E-state index contributed by atoms with van der Waals surface area (Å²) in [6.45, 7) is 18.4. The number of ketones is 1. The lowest BCUT2D eigenvalue weighted by Gasteiger charge is -2.29. The Labute approximate surface area is 192 Å². The molecule has 0 aliphatic carbocycles. The molecule has 0 N–H and O–H groups in total. The van der Waals surface area contributed by atoms with E-state index in [0.29, 0.717) is 39.5 Å². The molecule has 0 unspecified atom stereocenters. The van der Waals surface area contributed by atoms with Gasteiger partial charge in [-0.15, -0.1) is 0 Å². The molecule has 0 aromatic heterocycles. The summed E-state index contributed by atoms with van der Waals surface area (Å²) >= 11 is 0. The number of ether oxygens (including phenoxy) is 4. The number of Topliss-reactive ketones (excluding diaryl/α,β-unsaturated/α-hetero) is 1. The van der Waals surface area contributed by atoms with Gasteiger partial charge in [0.2, 0.25) is 0 Å². The first-order valence-corrected chi connectivity index (χ1v) is 11.1. The summed E-state index contributed by atoms with van der Waals surface area (Å²) in [7, 11) is 0. The molecular weight excluding hydrogens is 416 g/mol. The number of carbonyl (C=O) groups excluding carboxylic acids is 3. The van der Waals surface area contributed by atoms with Crippen molar-refractivity contribution in [3.8, 4) is 0 Å². The van der Waals surface area contributed by atoms with Crippen molar-refractivity contribution >= 4 is 18.0 Å². The van der Waals surface area contributed by atoms with Crippen LogP contribution in [0.1, 0.15) is 54.4 Å². The first-order valence-electron chi connectivity index (χ1n) is 11.1. The SMILES string of the molecule is C=C1COCCCN(C(=O)OC(C)(C)C)C1.CC(C)(C)OC(=O)N1CCCOCC(=O)C1. The molecule has 2 heterocycles. The maximum Gasteiger partial charge on any atom is 0.410 e. The number of rotatable bonds is 0. The van der Waals surface area contributed by atoms with Gasteiger partial charge in [-0.05, 0) is 60.0 Å². The fourth-order valence-corrected chi connectivity index (χ4v) is 2.81. The van der Waals surface area contributed by atoms with E-state index in [1.54, 1.807) is 25.7 Å². The fraction of sp³-hybridized carbons (Fsp3) is 0.783. The van der Waals surface area contributed by atoms with E-state index in [2.05, 4.69) is 6.58 Å². The van der Waals surface area contributed by atoms with E-state index >= 15 is 0 Å². The number of amides is 2. The molecule has 0 atom stereocenters. The molecule has 2 amide bonds. The molecule has 0 spiro atoms. The van der Waals surface area contributed by atoms with Crippen molar-refractivity contribution < 1.29 is 33.3 Å². The highest BCUT2D eigenvalue weighted by molar-refractivity contribution is 5.85. The van der Waals surface area contributed by atoms with Gasteiger partial charge in [0, 0.05) is 32.8 Å². The standard InChI is InChI=1S/C12H21NO3.C11H19NO4/c1-10-8-13(6-5-7-15-9-10)11(14)16-12(2,3)4;1-11(2,3)16-10(14)12-5-4-6-15-8-9(13)7-12/h1,5-9H2,2-4H3;4-8H2,1-3H3. The predicted molar refractivity (Wildman–Crippen MR) is 121 cm³/mol. The third kappa shape index (κ3) is 12.7. The molecule has 9 heteroatoms. The topological polar surface area (TPSA) is 94.6 Å². The van der Waals surface area contributed by atoms with Gasteiger partial charge in [0.05, 0.1) is 13.2 Å². The maximum absolute atomic E-state index is 11.8. The van der Waals surface area contributed by atoms with Gasteiger partial charge in [0.15, 0.2) is 5.78 Å². The Balaban J connectivity index is 0.000000320. The van der Waals surface area contributed by atoms with Crippen LogP contribution < -0.4 is 0 Å². The summed E-state index contributed by atoms with van der Waals surface area (Å²) in [5, 5.41) is 0. The second-order valence-corrected chi connectivity index (χ2v) is 9.90. The smallest absolute Gasteiger partial charge is 0.410 e. The Morgan fingerprint density at radius 2 is 1.25 bits per heavy atom. The first-order chi connectivity index (χ1) is 14.8. The van der Waals surface area contributed by atoms with Gasteiger partial charge < -0.3 is 28.7 Å². The summed E-state index contributed by atoms with van der Waals surface area (Å²) in [6.07, 6.45) is 0.872. The second kappa shape index (κ2) is 12.8. The molecule has 184 valence electrons. The Bertz CT molecular complexity index is 594. The highest BCUT2D eigenvalue weighted by Crippen LogP contribution is 2.13.